The fourth-order valence-corrected chi connectivity index (χ4v) is 3.36. The predicted molar refractivity (Wildman–Crippen MR) is 74.9 cm³/mol. The Morgan fingerprint density at radius 2 is 2.00 bits per heavy atom. The molecule has 0 saturated heterocycles. The van der Waals surface area contributed by atoms with Gasteiger partial charge in [0, 0.05) is 18.1 Å². The van der Waals surface area contributed by atoms with E-state index in [0.29, 0.717) is 16.4 Å². The molecule has 1 N–H and O–H groups in total. The van der Waals surface area contributed by atoms with Gasteiger partial charge in [0.1, 0.15) is 5.82 Å². The van der Waals surface area contributed by atoms with E-state index >= 15 is 0 Å². The number of aromatic nitrogens is 2. The van der Waals surface area contributed by atoms with E-state index in [0.717, 1.165) is 5.69 Å². The van der Waals surface area contributed by atoms with E-state index in [9.17, 15) is 8.42 Å². The van der Waals surface area contributed by atoms with Crippen molar-refractivity contribution in [2.45, 2.75) is 18.7 Å². The molecule has 0 aliphatic carbocycles. The van der Waals surface area contributed by atoms with Crippen LogP contribution in [-0.2, 0) is 17.1 Å². The SMILES string of the molecule is Cc1cc(NS(=O)(=O)c2cccc(Cl)c2C)n(C)n1. The van der Waals surface area contributed by atoms with Crippen molar-refractivity contribution in [1.29, 1.82) is 0 Å². The van der Waals surface area contributed by atoms with Crippen LogP contribution in [0.2, 0.25) is 5.02 Å². The number of halogens is 1. The lowest BCUT2D eigenvalue weighted by atomic mass is 10.2. The van der Waals surface area contributed by atoms with Crippen LogP contribution in [-0.4, -0.2) is 18.2 Å². The molecule has 5 nitrogen and oxygen atoms in total. The first-order valence-electron chi connectivity index (χ1n) is 5.60. The molecule has 7 heteroatoms. The van der Waals surface area contributed by atoms with Crippen LogP contribution in [0.25, 0.3) is 0 Å². The predicted octanol–water partition coefficient (Wildman–Crippen LogP) is 2.49. The lowest BCUT2D eigenvalue weighted by Gasteiger charge is -2.10. The Kier molecular flexibility index (Phi) is 3.56. The highest BCUT2D eigenvalue weighted by molar-refractivity contribution is 7.92. The highest BCUT2D eigenvalue weighted by Gasteiger charge is 2.19. The van der Waals surface area contributed by atoms with Gasteiger partial charge in [-0.15, -0.1) is 0 Å². The minimum Gasteiger partial charge on any atom is -0.264 e. The van der Waals surface area contributed by atoms with Crippen molar-refractivity contribution in [3.05, 3.63) is 40.5 Å². The number of nitrogens with one attached hydrogen (secondary N) is 1. The van der Waals surface area contributed by atoms with Gasteiger partial charge in [-0.1, -0.05) is 17.7 Å². The average molecular weight is 300 g/mol. The molecule has 0 amide bonds. The van der Waals surface area contributed by atoms with E-state index in [1.165, 1.54) is 10.7 Å². The second-order valence-electron chi connectivity index (χ2n) is 4.26. The molecule has 102 valence electrons. The Hall–Kier alpha value is -1.53. The third-order valence-corrected chi connectivity index (χ3v) is 4.66. The maximum atomic E-state index is 12.3. The highest BCUT2D eigenvalue weighted by atomic mass is 35.5. The van der Waals surface area contributed by atoms with Crippen molar-refractivity contribution >= 4 is 27.4 Å². The van der Waals surface area contributed by atoms with Gasteiger partial charge in [0.15, 0.2) is 0 Å². The van der Waals surface area contributed by atoms with E-state index in [1.54, 1.807) is 39.1 Å². The molecule has 0 radical (unpaired) electrons. The number of aryl methyl sites for hydroxylation is 2. The largest absolute Gasteiger partial charge is 0.264 e. The molecule has 2 aromatic rings. The molecule has 2 rings (SSSR count). The van der Waals surface area contributed by atoms with Crippen LogP contribution >= 0.6 is 11.6 Å². The summed E-state index contributed by atoms with van der Waals surface area (Å²) in [5.74, 6) is 0.414. The fourth-order valence-electron chi connectivity index (χ4n) is 1.78. The second-order valence-corrected chi connectivity index (χ2v) is 6.32. The smallest absolute Gasteiger partial charge is 0.263 e. The summed E-state index contributed by atoms with van der Waals surface area (Å²) in [6, 6.07) is 6.45. The molecule has 1 aromatic heterocycles. The van der Waals surface area contributed by atoms with Crippen LogP contribution in [0.3, 0.4) is 0 Å². The summed E-state index contributed by atoms with van der Waals surface area (Å²) in [7, 11) is -1.99. The van der Waals surface area contributed by atoms with Gasteiger partial charge in [0.2, 0.25) is 0 Å². The van der Waals surface area contributed by atoms with Gasteiger partial charge in [-0.3, -0.25) is 9.40 Å². The first-order valence-corrected chi connectivity index (χ1v) is 7.46. The third-order valence-electron chi connectivity index (χ3n) is 2.75. The fraction of sp³-hybridized carbons (Fsp3) is 0.250. The summed E-state index contributed by atoms with van der Waals surface area (Å²) in [5.41, 5.74) is 1.26. The summed E-state index contributed by atoms with van der Waals surface area (Å²) in [6.07, 6.45) is 0. The van der Waals surface area contributed by atoms with E-state index in [4.69, 9.17) is 11.6 Å². The van der Waals surface area contributed by atoms with Crippen LogP contribution in [0.1, 0.15) is 11.3 Å². The summed E-state index contributed by atoms with van der Waals surface area (Å²) in [4.78, 5) is 0.166. The molecule has 1 aromatic carbocycles. The highest BCUT2D eigenvalue weighted by Crippen LogP contribution is 2.24. The van der Waals surface area contributed by atoms with Crippen LogP contribution < -0.4 is 4.72 Å². The topological polar surface area (TPSA) is 64.0 Å². The van der Waals surface area contributed by atoms with Gasteiger partial charge >= 0.3 is 0 Å². The zero-order chi connectivity index (χ0) is 14.2. The number of benzene rings is 1. The van der Waals surface area contributed by atoms with Gasteiger partial charge in [-0.2, -0.15) is 5.10 Å². The minimum atomic E-state index is -3.67. The lowest BCUT2D eigenvalue weighted by molar-refractivity contribution is 0.599. The molecule has 19 heavy (non-hydrogen) atoms. The zero-order valence-corrected chi connectivity index (χ0v) is 12.4. The number of nitrogens with zero attached hydrogens (tertiary/aromatic N) is 2. The lowest BCUT2D eigenvalue weighted by Crippen LogP contribution is -2.16. The molecular weight excluding hydrogens is 286 g/mol. The van der Waals surface area contributed by atoms with Crippen molar-refractivity contribution < 1.29 is 8.42 Å². The molecule has 0 fully saturated rings. The summed E-state index contributed by atoms with van der Waals surface area (Å²) in [5, 5.41) is 4.51. The standard InChI is InChI=1S/C12H14ClN3O2S/c1-8-7-12(16(3)14-8)15-19(17,18)11-6-4-5-10(13)9(11)2/h4-7,15H,1-3H3. The van der Waals surface area contributed by atoms with Gasteiger partial charge in [-0.05, 0) is 31.5 Å². The normalized spacial score (nSPS) is 11.6. The van der Waals surface area contributed by atoms with Crippen molar-refractivity contribution in [3.8, 4) is 0 Å². The molecular formula is C12H14ClN3O2S. The van der Waals surface area contributed by atoms with E-state index in [-0.39, 0.29) is 4.90 Å². The minimum absolute atomic E-state index is 0.166. The van der Waals surface area contributed by atoms with E-state index < -0.39 is 10.0 Å². The third kappa shape index (κ3) is 2.74. The number of sulfonamides is 1. The average Bonchev–Trinajstić information content (AvgIpc) is 2.60. The molecule has 0 saturated carbocycles. The monoisotopic (exact) mass is 299 g/mol. The molecule has 0 aliphatic heterocycles. The molecule has 1 heterocycles. The van der Waals surface area contributed by atoms with Crippen molar-refractivity contribution in [1.82, 2.24) is 9.78 Å². The maximum absolute atomic E-state index is 12.3. The molecule has 0 spiro atoms. The van der Waals surface area contributed by atoms with E-state index in [2.05, 4.69) is 9.82 Å². The van der Waals surface area contributed by atoms with Crippen LogP contribution in [0, 0.1) is 13.8 Å². The van der Waals surface area contributed by atoms with Crippen LogP contribution in [0.5, 0.6) is 0 Å². The van der Waals surface area contributed by atoms with Gasteiger partial charge < -0.3 is 0 Å². The summed E-state index contributed by atoms with van der Waals surface area (Å²) >= 11 is 5.95. The van der Waals surface area contributed by atoms with Crippen molar-refractivity contribution in [2.24, 2.45) is 7.05 Å². The zero-order valence-electron chi connectivity index (χ0n) is 10.8. The Morgan fingerprint density at radius 3 is 2.58 bits per heavy atom. The van der Waals surface area contributed by atoms with Crippen LogP contribution in [0.4, 0.5) is 5.82 Å². The van der Waals surface area contributed by atoms with Gasteiger partial charge in [0.05, 0.1) is 10.6 Å². The number of hydrogen-bond donors (Lipinski definition) is 1. The van der Waals surface area contributed by atoms with E-state index in [1.807, 2.05) is 0 Å². The Balaban J connectivity index is 2.44. The van der Waals surface area contributed by atoms with Gasteiger partial charge in [0.25, 0.3) is 10.0 Å². The first-order chi connectivity index (χ1) is 8.81. The number of rotatable bonds is 3. The quantitative estimate of drug-likeness (QED) is 0.947. The van der Waals surface area contributed by atoms with Gasteiger partial charge in [-0.25, -0.2) is 8.42 Å². The number of hydrogen-bond acceptors (Lipinski definition) is 3. The second kappa shape index (κ2) is 4.86. The summed E-state index contributed by atoms with van der Waals surface area (Å²) in [6.45, 7) is 3.47. The van der Waals surface area contributed by atoms with Crippen molar-refractivity contribution in [3.63, 3.8) is 0 Å². The molecule has 0 aliphatic rings. The van der Waals surface area contributed by atoms with Crippen LogP contribution in [0.15, 0.2) is 29.2 Å². The first kappa shape index (κ1) is 13.9. The Morgan fingerprint density at radius 1 is 1.32 bits per heavy atom. The summed E-state index contributed by atoms with van der Waals surface area (Å²) < 4.78 is 28.6. The molecule has 0 bridgehead atoms. The Labute approximate surface area is 117 Å². The number of anilines is 1. The van der Waals surface area contributed by atoms with Crippen molar-refractivity contribution in [2.75, 3.05) is 4.72 Å². The maximum Gasteiger partial charge on any atom is 0.263 e. The molecule has 0 atom stereocenters. The molecule has 0 unspecified atom stereocenters. The Bertz CT molecular complexity index is 723.